The minimum absolute atomic E-state index is 0.00981. The number of amides is 5. The van der Waals surface area contributed by atoms with E-state index in [0.717, 1.165) is 0 Å². The number of carboxylic acids is 1. The normalized spacial score (nSPS) is 19.8. The number of aliphatic carboxylic acids is 1. The summed E-state index contributed by atoms with van der Waals surface area (Å²) in [6.45, 7) is -0.280. The van der Waals surface area contributed by atoms with Crippen molar-refractivity contribution in [2.75, 3.05) is 32.7 Å². The maximum atomic E-state index is 14.0. The first kappa shape index (κ1) is 50.1. The standard InChI is InChI=1S/C35H58N14O11/c36-27(45-29(51)9-2-1-4-17-42-58)14-18-48(59)41-16-5-3-7-24-33(56)43-25(19-22-10-12-23(50)13-11-22)34(57)44-26(20-31(53)54)32(55)40-21-30(52)46-28(49(60)47-24)8-6-15-39-35(37)38/h10-13,24-28,47,60H,1-9,14-21,36H2,(H11-,37,38,39,40,41,43,44,45,46,50,51,52,53,54,55,56,57,59)/p+1. The van der Waals surface area contributed by atoms with Crippen LogP contribution in [0.15, 0.2) is 34.4 Å². The lowest BCUT2D eigenvalue weighted by atomic mass is 10.0. The van der Waals surface area contributed by atoms with E-state index in [9.17, 15) is 54.0 Å². The second kappa shape index (κ2) is 27.6. The first-order chi connectivity index (χ1) is 28.6. The van der Waals surface area contributed by atoms with Crippen LogP contribution in [-0.2, 0) is 35.2 Å². The molecule has 0 saturated carbocycles. The van der Waals surface area contributed by atoms with Crippen molar-refractivity contribution in [3.63, 3.8) is 0 Å². The van der Waals surface area contributed by atoms with E-state index in [1.807, 2.05) is 0 Å². The van der Waals surface area contributed by atoms with E-state index in [0.29, 0.717) is 41.3 Å². The molecule has 25 heteroatoms. The first-order valence-corrected chi connectivity index (χ1v) is 19.6. The highest BCUT2D eigenvalue weighted by Crippen LogP contribution is 2.13. The number of nitroso groups, excluding NO2 is 2. The maximum Gasteiger partial charge on any atom is 0.305 e. The van der Waals surface area contributed by atoms with E-state index < -0.39 is 73.0 Å². The smallest absolute Gasteiger partial charge is 0.305 e. The zero-order valence-electron chi connectivity index (χ0n) is 33.3. The zero-order valence-corrected chi connectivity index (χ0v) is 33.3. The summed E-state index contributed by atoms with van der Waals surface area (Å²) in [5.41, 5.74) is 22.6. The number of carbonyl (C=O) groups is 6. The van der Waals surface area contributed by atoms with E-state index >= 15 is 0 Å². The van der Waals surface area contributed by atoms with E-state index in [1.54, 1.807) is 0 Å². The highest BCUT2D eigenvalue weighted by atomic mass is 16.5. The highest BCUT2D eigenvalue weighted by Gasteiger charge is 2.33. The molecular formula is C35H59N14O11+. The molecule has 334 valence electrons. The van der Waals surface area contributed by atoms with Gasteiger partial charge in [-0.3, -0.25) is 39.0 Å². The zero-order chi connectivity index (χ0) is 44.5. The lowest BCUT2D eigenvalue weighted by molar-refractivity contribution is -0.607. The molecule has 1 fully saturated rings. The summed E-state index contributed by atoms with van der Waals surface area (Å²) in [6.07, 6.45) is 0.0504. The topological polar surface area (TPSA) is 390 Å². The Kier molecular flexibility index (Phi) is 23.0. The summed E-state index contributed by atoms with van der Waals surface area (Å²) in [4.78, 5) is 104. The second-order valence-corrected chi connectivity index (χ2v) is 14.0. The molecule has 60 heavy (non-hydrogen) atoms. The number of rotatable bonds is 24. The van der Waals surface area contributed by atoms with Crippen molar-refractivity contribution in [1.29, 1.82) is 0 Å². The van der Waals surface area contributed by atoms with Crippen LogP contribution in [0.3, 0.4) is 0 Å². The number of aliphatic imine (C=N–C) groups is 1. The molecule has 0 spiro atoms. The number of benzene rings is 1. The molecule has 16 N–H and O–H groups in total. The second-order valence-electron chi connectivity index (χ2n) is 14.0. The van der Waals surface area contributed by atoms with Crippen molar-refractivity contribution in [3.05, 3.63) is 39.6 Å². The Hall–Kier alpha value is -6.05. The van der Waals surface area contributed by atoms with Crippen LogP contribution >= 0.6 is 0 Å². The number of nitrogens with two attached hydrogens (primary N) is 3. The third-order valence-corrected chi connectivity index (χ3v) is 8.95. The van der Waals surface area contributed by atoms with Crippen LogP contribution in [0.2, 0.25) is 0 Å². The summed E-state index contributed by atoms with van der Waals surface area (Å²) < 4.78 is 0. The largest absolute Gasteiger partial charge is 0.508 e. The van der Waals surface area contributed by atoms with E-state index in [4.69, 9.17) is 17.2 Å². The molecular weight excluding hydrogens is 792 g/mol. The molecule has 1 aromatic carbocycles. The molecule has 2 rings (SSSR count). The molecule has 0 bridgehead atoms. The van der Waals surface area contributed by atoms with Crippen LogP contribution in [0.1, 0.15) is 76.2 Å². The van der Waals surface area contributed by atoms with Gasteiger partial charge in [-0.1, -0.05) is 23.7 Å². The van der Waals surface area contributed by atoms with Crippen LogP contribution in [0.25, 0.3) is 0 Å². The van der Waals surface area contributed by atoms with Gasteiger partial charge < -0.3 is 54.0 Å². The minimum atomic E-state index is -1.65. The number of hydrogen-bond donors (Lipinski definition) is 13. The molecule has 5 amide bonds. The molecule has 1 aromatic rings. The fourth-order valence-corrected chi connectivity index (χ4v) is 5.79. The van der Waals surface area contributed by atoms with Crippen LogP contribution < -0.4 is 54.6 Å². The molecule has 0 aliphatic carbocycles. The number of aromatic hydroxyl groups is 1. The maximum absolute atomic E-state index is 14.0. The fourth-order valence-electron chi connectivity index (χ4n) is 5.79. The average Bonchev–Trinajstić information content (AvgIpc) is 3.19. The number of nitrogens with zero attached hydrogens (tertiary/aromatic N) is 4. The van der Waals surface area contributed by atoms with Gasteiger partial charge in [0.15, 0.2) is 5.96 Å². The van der Waals surface area contributed by atoms with Crippen molar-refractivity contribution < 1.29 is 49.1 Å². The molecule has 1 aliphatic rings. The van der Waals surface area contributed by atoms with Gasteiger partial charge >= 0.3 is 5.97 Å². The number of phenols is 1. The molecule has 1 saturated heterocycles. The van der Waals surface area contributed by atoms with Gasteiger partial charge in [0.05, 0.1) is 37.1 Å². The van der Waals surface area contributed by atoms with Gasteiger partial charge in [-0.05, 0) is 62.6 Å². The van der Waals surface area contributed by atoms with E-state index in [2.05, 4.69) is 47.6 Å². The Morgan fingerprint density at radius 3 is 2.28 bits per heavy atom. The Labute approximate surface area is 345 Å². The van der Waals surface area contributed by atoms with Gasteiger partial charge in [0, 0.05) is 25.8 Å². The predicted molar refractivity (Wildman–Crippen MR) is 214 cm³/mol. The van der Waals surface area contributed by atoms with Crippen molar-refractivity contribution in [1.82, 2.24) is 42.6 Å². The number of carbonyl (C=O) groups excluding carboxylic acids is 5. The van der Waals surface area contributed by atoms with Crippen molar-refractivity contribution in [3.8, 4) is 5.75 Å². The number of hydroxylamine groups is 1. The third kappa shape index (κ3) is 21.1. The summed E-state index contributed by atoms with van der Waals surface area (Å²) in [6, 6.07) is 1.39. The Morgan fingerprint density at radius 1 is 0.900 bits per heavy atom. The molecule has 1 aliphatic heterocycles. The van der Waals surface area contributed by atoms with Crippen LogP contribution in [-0.4, -0.2) is 130 Å². The van der Waals surface area contributed by atoms with E-state index in [1.165, 1.54) is 24.3 Å². The summed E-state index contributed by atoms with van der Waals surface area (Å²) >= 11 is 0. The van der Waals surface area contributed by atoms with E-state index in [-0.39, 0.29) is 88.7 Å². The fraction of sp³-hybridized carbons (Fsp3) is 0.629. The van der Waals surface area contributed by atoms with Crippen LogP contribution in [0.5, 0.6) is 5.75 Å². The predicted octanol–water partition coefficient (Wildman–Crippen LogP) is -2.86. The number of unbranched alkanes of at least 4 members (excludes halogenated alkanes) is 3. The number of hydrazine groups is 2. The minimum Gasteiger partial charge on any atom is -0.508 e. The van der Waals surface area contributed by atoms with Gasteiger partial charge in [0.2, 0.25) is 36.1 Å². The molecule has 5 unspecified atom stereocenters. The van der Waals surface area contributed by atoms with Crippen molar-refractivity contribution >= 4 is 41.5 Å². The third-order valence-electron chi connectivity index (χ3n) is 8.95. The highest BCUT2D eigenvalue weighted by molar-refractivity contribution is 5.95. The van der Waals surface area contributed by atoms with Gasteiger partial charge in [0.1, 0.15) is 34.9 Å². The van der Waals surface area contributed by atoms with Crippen molar-refractivity contribution in [2.24, 2.45) is 27.4 Å². The monoisotopic (exact) mass is 851 g/mol. The van der Waals surface area contributed by atoms with Gasteiger partial charge in [-0.15, -0.1) is 5.17 Å². The molecule has 1 heterocycles. The van der Waals surface area contributed by atoms with Gasteiger partial charge in [0.25, 0.3) is 0 Å². The van der Waals surface area contributed by atoms with Gasteiger partial charge in [-0.25, -0.2) is 5.43 Å². The number of nitrogens with one attached hydrogen (secondary N) is 7. The van der Waals surface area contributed by atoms with Crippen LogP contribution in [0, 0.1) is 9.81 Å². The van der Waals surface area contributed by atoms with Gasteiger partial charge in [-0.2, -0.15) is 10.3 Å². The first-order valence-electron chi connectivity index (χ1n) is 19.6. The number of phenolic OH excluding ortho intramolecular Hbond substituents is 1. The summed E-state index contributed by atoms with van der Waals surface area (Å²) in [7, 11) is 0. The van der Waals surface area contributed by atoms with Crippen LogP contribution in [0.4, 0.5) is 0 Å². The average molecular weight is 852 g/mol. The Morgan fingerprint density at radius 2 is 1.60 bits per heavy atom. The summed E-state index contributed by atoms with van der Waals surface area (Å²) in [5, 5.41) is 46.1. The molecule has 0 aromatic heterocycles. The Balaban J connectivity index is 2.21. The molecule has 25 nitrogen and oxygen atoms in total. The molecule has 5 atom stereocenters. The number of carboxylic acid groups (broad SMARTS) is 1. The van der Waals surface area contributed by atoms with Crippen molar-refractivity contribution in [2.45, 2.75) is 108 Å². The SMILES string of the molecule is NC(N)=NCCCC1NC(=O)CNC(=O)C(CC(=O)O)NC(=O)C(Cc2ccc(O)cc2)NC(=O)C(CCCCN[N+](=O)CCC(N)NC(=O)CCCCCN=O)NN1O. The summed E-state index contributed by atoms with van der Waals surface area (Å²) in [5.74, 6) is -5.51. The molecule has 0 radical (unpaired) electrons. The lowest BCUT2D eigenvalue weighted by Crippen LogP contribution is -2.60. The quantitative estimate of drug-likeness (QED) is 0.00946. The lowest BCUT2D eigenvalue weighted by Gasteiger charge is -2.31. The Bertz CT molecular complexity index is 1610. The number of hydrogen-bond acceptors (Lipinski definition) is 15. The number of guanidine groups is 1.